The van der Waals surface area contributed by atoms with Crippen LogP contribution in [0.5, 0.6) is 0 Å². The van der Waals surface area contributed by atoms with E-state index in [4.69, 9.17) is 0 Å². The Labute approximate surface area is 92.0 Å². The van der Waals surface area contributed by atoms with E-state index in [-0.39, 0.29) is 23.7 Å². The zero-order chi connectivity index (χ0) is 12.0. The van der Waals surface area contributed by atoms with Crippen molar-refractivity contribution < 1.29 is 9.59 Å². The van der Waals surface area contributed by atoms with E-state index in [1.54, 1.807) is 19.0 Å². The molecular formula is C11H22N2O2. The average molecular weight is 214 g/mol. The van der Waals surface area contributed by atoms with Crippen molar-refractivity contribution in [1.29, 1.82) is 0 Å². The molecule has 0 aliphatic heterocycles. The lowest BCUT2D eigenvalue weighted by Gasteiger charge is -2.20. The number of rotatable bonds is 5. The molecule has 15 heavy (non-hydrogen) atoms. The Kier molecular flexibility index (Phi) is 5.97. The van der Waals surface area contributed by atoms with Crippen LogP contribution in [0.15, 0.2) is 0 Å². The summed E-state index contributed by atoms with van der Waals surface area (Å²) in [6.07, 6.45) is 0.703. The number of carbonyl (C=O) groups is 2. The van der Waals surface area contributed by atoms with Gasteiger partial charge in [0.1, 0.15) is 0 Å². The second kappa shape index (κ2) is 6.43. The first-order valence-corrected chi connectivity index (χ1v) is 5.36. The number of hydrogen-bond acceptors (Lipinski definition) is 2. The summed E-state index contributed by atoms with van der Waals surface area (Å²) in [6.45, 7) is 6.25. The fourth-order valence-corrected chi connectivity index (χ4v) is 1.32. The highest BCUT2D eigenvalue weighted by Gasteiger charge is 2.16. The first-order chi connectivity index (χ1) is 6.90. The lowest BCUT2D eigenvalue weighted by Crippen LogP contribution is -2.34. The van der Waals surface area contributed by atoms with Crippen molar-refractivity contribution in [3.63, 3.8) is 0 Å². The van der Waals surface area contributed by atoms with E-state index in [1.165, 1.54) is 0 Å². The van der Waals surface area contributed by atoms with Crippen LogP contribution in [0.3, 0.4) is 0 Å². The van der Waals surface area contributed by atoms with Crippen molar-refractivity contribution >= 4 is 11.8 Å². The van der Waals surface area contributed by atoms with Crippen LogP contribution in [0, 0.1) is 11.8 Å². The molecular weight excluding hydrogens is 192 g/mol. The summed E-state index contributed by atoms with van der Waals surface area (Å²) in [6, 6.07) is 0. The largest absolute Gasteiger partial charge is 0.359 e. The molecule has 0 spiro atoms. The lowest BCUT2D eigenvalue weighted by molar-refractivity contribution is -0.134. The molecule has 0 aromatic rings. The number of hydrogen-bond donors (Lipinski definition) is 1. The Morgan fingerprint density at radius 3 is 2.20 bits per heavy atom. The van der Waals surface area contributed by atoms with Crippen LogP contribution in [-0.4, -0.2) is 37.4 Å². The summed E-state index contributed by atoms with van der Waals surface area (Å²) in [5, 5.41) is 2.60. The average Bonchev–Trinajstić information content (AvgIpc) is 2.22. The van der Waals surface area contributed by atoms with Crippen molar-refractivity contribution in [2.75, 3.05) is 20.6 Å². The Morgan fingerprint density at radius 2 is 1.80 bits per heavy atom. The predicted octanol–water partition coefficient (Wildman–Crippen LogP) is 0.873. The van der Waals surface area contributed by atoms with Crippen LogP contribution in [0.1, 0.15) is 27.2 Å². The van der Waals surface area contributed by atoms with Gasteiger partial charge in [0.05, 0.1) is 0 Å². The summed E-state index contributed by atoms with van der Waals surface area (Å²) < 4.78 is 0. The van der Waals surface area contributed by atoms with Gasteiger partial charge in [-0.05, 0) is 6.42 Å². The van der Waals surface area contributed by atoms with Crippen molar-refractivity contribution in [3.05, 3.63) is 0 Å². The second-order valence-electron chi connectivity index (χ2n) is 4.22. The Bertz CT molecular complexity index is 227. The van der Waals surface area contributed by atoms with Gasteiger partial charge in [-0.25, -0.2) is 0 Å². The third-order valence-electron chi connectivity index (χ3n) is 2.46. The third kappa shape index (κ3) is 4.81. The molecule has 0 saturated carbocycles. The second-order valence-corrected chi connectivity index (χ2v) is 4.22. The predicted molar refractivity (Wildman–Crippen MR) is 60.3 cm³/mol. The number of carbonyl (C=O) groups excluding carboxylic acids is 2. The fourth-order valence-electron chi connectivity index (χ4n) is 1.32. The number of amides is 2. The summed E-state index contributed by atoms with van der Waals surface area (Å²) in [5.74, 6) is 0.127. The fraction of sp³-hybridized carbons (Fsp3) is 0.818. The molecule has 0 bridgehead atoms. The van der Waals surface area contributed by atoms with E-state index < -0.39 is 0 Å². The summed E-state index contributed by atoms with van der Waals surface area (Å²) in [4.78, 5) is 24.4. The van der Waals surface area contributed by atoms with Gasteiger partial charge in [0.15, 0.2) is 0 Å². The minimum absolute atomic E-state index is 0.0188. The molecule has 0 heterocycles. The van der Waals surface area contributed by atoms with Gasteiger partial charge in [-0.2, -0.15) is 0 Å². The van der Waals surface area contributed by atoms with Crippen LogP contribution in [0.2, 0.25) is 0 Å². The maximum absolute atomic E-state index is 11.5. The highest BCUT2D eigenvalue weighted by molar-refractivity contribution is 5.79. The van der Waals surface area contributed by atoms with Crippen molar-refractivity contribution in [1.82, 2.24) is 10.2 Å². The molecule has 1 unspecified atom stereocenters. The van der Waals surface area contributed by atoms with Crippen molar-refractivity contribution in [2.45, 2.75) is 27.2 Å². The molecule has 0 aromatic carbocycles. The smallest absolute Gasteiger partial charge is 0.224 e. The lowest BCUT2D eigenvalue weighted by atomic mass is 10.1. The maximum Gasteiger partial charge on any atom is 0.224 e. The normalized spacial score (nSPS) is 12.4. The van der Waals surface area contributed by atoms with Gasteiger partial charge in [-0.1, -0.05) is 20.8 Å². The monoisotopic (exact) mass is 214 g/mol. The molecule has 88 valence electrons. The number of nitrogens with zero attached hydrogens (tertiary/aromatic N) is 1. The Balaban J connectivity index is 3.95. The quantitative estimate of drug-likeness (QED) is 0.738. The topological polar surface area (TPSA) is 49.4 Å². The van der Waals surface area contributed by atoms with Gasteiger partial charge in [-0.3, -0.25) is 9.59 Å². The zero-order valence-electron chi connectivity index (χ0n) is 10.3. The molecule has 0 aliphatic carbocycles. The first-order valence-electron chi connectivity index (χ1n) is 5.36. The third-order valence-corrected chi connectivity index (χ3v) is 2.46. The molecule has 0 radical (unpaired) electrons. The molecule has 0 rings (SSSR count). The maximum atomic E-state index is 11.5. The Morgan fingerprint density at radius 1 is 1.27 bits per heavy atom. The van der Waals surface area contributed by atoms with Crippen molar-refractivity contribution in [3.8, 4) is 0 Å². The van der Waals surface area contributed by atoms with E-state index in [0.717, 1.165) is 0 Å². The van der Waals surface area contributed by atoms with E-state index in [1.807, 2.05) is 20.8 Å². The SMILES string of the molecule is CNC(=O)C(C)CCN(C)C(=O)C(C)C. The summed E-state index contributed by atoms with van der Waals surface area (Å²) >= 11 is 0. The molecule has 4 heteroatoms. The molecule has 4 nitrogen and oxygen atoms in total. The standard InChI is InChI=1S/C11H22N2O2/c1-8(2)11(15)13(5)7-6-9(3)10(14)12-4/h8-9H,6-7H2,1-5H3,(H,12,14). The van der Waals surface area contributed by atoms with Crippen LogP contribution >= 0.6 is 0 Å². The highest BCUT2D eigenvalue weighted by Crippen LogP contribution is 2.05. The van der Waals surface area contributed by atoms with Crippen molar-refractivity contribution in [2.24, 2.45) is 11.8 Å². The van der Waals surface area contributed by atoms with E-state index in [9.17, 15) is 9.59 Å². The van der Waals surface area contributed by atoms with E-state index in [2.05, 4.69) is 5.32 Å². The van der Waals surface area contributed by atoms with E-state index in [0.29, 0.717) is 13.0 Å². The van der Waals surface area contributed by atoms with Crippen LogP contribution in [0.4, 0.5) is 0 Å². The molecule has 0 saturated heterocycles. The van der Waals surface area contributed by atoms with Crippen LogP contribution in [0.25, 0.3) is 0 Å². The minimum atomic E-state index is -0.0441. The van der Waals surface area contributed by atoms with Crippen LogP contribution in [-0.2, 0) is 9.59 Å². The van der Waals surface area contributed by atoms with Gasteiger partial charge in [0, 0.05) is 32.5 Å². The molecule has 0 aromatic heterocycles. The Hall–Kier alpha value is -1.06. The van der Waals surface area contributed by atoms with Gasteiger partial charge >= 0.3 is 0 Å². The zero-order valence-corrected chi connectivity index (χ0v) is 10.3. The van der Waals surface area contributed by atoms with Gasteiger partial charge < -0.3 is 10.2 Å². The highest BCUT2D eigenvalue weighted by atomic mass is 16.2. The molecule has 1 atom stereocenters. The van der Waals surface area contributed by atoms with Gasteiger partial charge in [-0.15, -0.1) is 0 Å². The first kappa shape index (κ1) is 13.9. The molecule has 0 fully saturated rings. The minimum Gasteiger partial charge on any atom is -0.359 e. The van der Waals surface area contributed by atoms with Crippen LogP contribution < -0.4 is 5.32 Å². The number of nitrogens with one attached hydrogen (secondary N) is 1. The summed E-state index contributed by atoms with van der Waals surface area (Å²) in [5.41, 5.74) is 0. The molecule has 2 amide bonds. The summed E-state index contributed by atoms with van der Waals surface area (Å²) in [7, 11) is 3.40. The molecule has 0 aliphatic rings. The van der Waals surface area contributed by atoms with Gasteiger partial charge in [0.25, 0.3) is 0 Å². The van der Waals surface area contributed by atoms with E-state index >= 15 is 0 Å². The van der Waals surface area contributed by atoms with Gasteiger partial charge in [0.2, 0.25) is 11.8 Å². The molecule has 1 N–H and O–H groups in total.